The predicted octanol–water partition coefficient (Wildman–Crippen LogP) is 2.57. The zero-order valence-corrected chi connectivity index (χ0v) is 10.1. The van der Waals surface area contributed by atoms with Gasteiger partial charge in [0.25, 0.3) is 0 Å². The molecule has 0 atom stereocenters. The van der Waals surface area contributed by atoms with Crippen molar-refractivity contribution in [3.05, 3.63) is 47.2 Å². The van der Waals surface area contributed by atoms with E-state index in [-0.39, 0.29) is 12.2 Å². The molecule has 0 unspecified atom stereocenters. The highest BCUT2D eigenvalue weighted by atomic mass is 16.5. The van der Waals surface area contributed by atoms with E-state index in [1.807, 2.05) is 6.92 Å². The Labute approximate surface area is 104 Å². The Morgan fingerprint density at radius 3 is 2.83 bits per heavy atom. The second-order valence-electron chi connectivity index (χ2n) is 3.95. The van der Waals surface area contributed by atoms with Crippen molar-refractivity contribution in [3.63, 3.8) is 0 Å². The molecular weight excluding hydrogens is 234 g/mol. The largest absolute Gasteiger partial charge is 0.486 e. The van der Waals surface area contributed by atoms with Gasteiger partial charge in [0.05, 0.1) is 0 Å². The molecule has 0 spiro atoms. The van der Waals surface area contributed by atoms with Crippen molar-refractivity contribution in [3.8, 4) is 5.75 Å². The summed E-state index contributed by atoms with van der Waals surface area (Å²) in [6, 6.07) is 5.03. The highest BCUT2D eigenvalue weighted by Gasteiger charge is 2.12. The molecule has 94 valence electrons. The van der Waals surface area contributed by atoms with Gasteiger partial charge in [-0.2, -0.15) is 0 Å². The van der Waals surface area contributed by atoms with Crippen molar-refractivity contribution >= 4 is 5.97 Å². The summed E-state index contributed by atoms with van der Waals surface area (Å²) in [6.07, 6.45) is 1.33. The van der Waals surface area contributed by atoms with Crippen molar-refractivity contribution in [2.75, 3.05) is 0 Å². The number of aromatic nitrogens is 1. The lowest BCUT2D eigenvalue weighted by Gasteiger charge is -2.08. The summed E-state index contributed by atoms with van der Waals surface area (Å²) in [5, 5.41) is 9.09. The maximum atomic E-state index is 11.1. The lowest BCUT2D eigenvalue weighted by Crippen LogP contribution is -2.04. The number of carbonyl (C=O) groups is 1. The van der Waals surface area contributed by atoms with Crippen molar-refractivity contribution in [2.24, 2.45) is 0 Å². The van der Waals surface area contributed by atoms with Crippen molar-refractivity contribution in [1.82, 2.24) is 4.98 Å². The topological polar surface area (TPSA) is 72.6 Å². The molecule has 0 aliphatic carbocycles. The molecule has 0 fully saturated rings. The van der Waals surface area contributed by atoms with E-state index in [9.17, 15) is 4.79 Å². The van der Waals surface area contributed by atoms with Gasteiger partial charge in [0.1, 0.15) is 29.4 Å². The van der Waals surface area contributed by atoms with Gasteiger partial charge in [-0.1, -0.05) is 11.6 Å². The summed E-state index contributed by atoms with van der Waals surface area (Å²) in [4.78, 5) is 15.1. The molecule has 2 aromatic rings. The van der Waals surface area contributed by atoms with E-state index in [1.54, 1.807) is 25.1 Å². The Balaban J connectivity index is 2.19. The van der Waals surface area contributed by atoms with Crippen LogP contribution in [-0.2, 0) is 6.61 Å². The Morgan fingerprint density at radius 1 is 1.44 bits per heavy atom. The smallest absolute Gasteiger partial charge is 0.339 e. The van der Waals surface area contributed by atoms with Crippen LogP contribution in [0.5, 0.6) is 5.75 Å². The second-order valence-corrected chi connectivity index (χ2v) is 3.95. The minimum Gasteiger partial charge on any atom is -0.486 e. The average molecular weight is 247 g/mol. The minimum atomic E-state index is -1.01. The second kappa shape index (κ2) is 4.91. The molecule has 5 heteroatoms. The number of carboxylic acids is 1. The Hall–Kier alpha value is -2.30. The normalized spacial score (nSPS) is 10.3. The molecule has 1 heterocycles. The molecule has 0 aliphatic rings. The Bertz CT molecular complexity index is 574. The van der Waals surface area contributed by atoms with Crippen molar-refractivity contribution < 1.29 is 19.1 Å². The van der Waals surface area contributed by atoms with E-state index in [1.165, 1.54) is 6.39 Å². The van der Waals surface area contributed by atoms with Gasteiger partial charge < -0.3 is 14.3 Å². The van der Waals surface area contributed by atoms with Crippen LogP contribution >= 0.6 is 0 Å². The van der Waals surface area contributed by atoms with E-state index >= 15 is 0 Å². The molecule has 1 N–H and O–H groups in total. The third kappa shape index (κ3) is 2.51. The van der Waals surface area contributed by atoms with E-state index in [2.05, 4.69) is 4.98 Å². The van der Waals surface area contributed by atoms with E-state index < -0.39 is 5.97 Å². The molecule has 0 amide bonds. The highest BCUT2D eigenvalue weighted by molar-refractivity contribution is 5.91. The highest BCUT2D eigenvalue weighted by Crippen LogP contribution is 2.21. The van der Waals surface area contributed by atoms with E-state index in [4.69, 9.17) is 14.3 Å². The standard InChI is InChI=1S/C13H13NO4/c1-8-3-4-12(10(5-8)13(15)16)17-6-11-9(2)18-7-14-11/h3-5,7H,6H2,1-2H3,(H,15,16). The first-order valence-corrected chi connectivity index (χ1v) is 5.43. The van der Waals surface area contributed by atoms with Crippen LogP contribution in [-0.4, -0.2) is 16.1 Å². The molecule has 5 nitrogen and oxygen atoms in total. The molecule has 0 saturated heterocycles. The average Bonchev–Trinajstić information content (AvgIpc) is 2.73. The van der Waals surface area contributed by atoms with Crippen LogP contribution in [0.4, 0.5) is 0 Å². The SMILES string of the molecule is Cc1ccc(OCc2ncoc2C)c(C(=O)O)c1. The van der Waals surface area contributed by atoms with Crippen LogP contribution in [0.2, 0.25) is 0 Å². The number of hydrogen-bond donors (Lipinski definition) is 1. The number of aryl methyl sites for hydroxylation is 2. The fourth-order valence-electron chi connectivity index (χ4n) is 1.55. The zero-order valence-electron chi connectivity index (χ0n) is 10.1. The summed E-state index contributed by atoms with van der Waals surface area (Å²) in [7, 11) is 0. The fraction of sp³-hybridized carbons (Fsp3) is 0.231. The molecule has 18 heavy (non-hydrogen) atoms. The number of nitrogens with zero attached hydrogens (tertiary/aromatic N) is 1. The van der Waals surface area contributed by atoms with Gasteiger partial charge in [0.15, 0.2) is 6.39 Å². The quantitative estimate of drug-likeness (QED) is 0.898. The molecular formula is C13H13NO4. The maximum Gasteiger partial charge on any atom is 0.339 e. The van der Waals surface area contributed by atoms with Crippen molar-refractivity contribution in [1.29, 1.82) is 0 Å². The van der Waals surface area contributed by atoms with Gasteiger partial charge >= 0.3 is 5.97 Å². The number of hydrogen-bond acceptors (Lipinski definition) is 4. The number of carboxylic acid groups (broad SMARTS) is 1. The maximum absolute atomic E-state index is 11.1. The summed E-state index contributed by atoms with van der Waals surface area (Å²) in [5.41, 5.74) is 1.68. The van der Waals surface area contributed by atoms with Gasteiger partial charge in [-0.3, -0.25) is 0 Å². The zero-order chi connectivity index (χ0) is 13.1. The van der Waals surface area contributed by atoms with Crippen LogP contribution < -0.4 is 4.74 Å². The van der Waals surface area contributed by atoms with Crippen LogP contribution in [0.1, 0.15) is 27.4 Å². The summed E-state index contributed by atoms with van der Waals surface area (Å²) in [6.45, 7) is 3.79. The number of rotatable bonds is 4. The molecule has 1 aromatic heterocycles. The van der Waals surface area contributed by atoms with E-state index in [0.29, 0.717) is 17.2 Å². The Morgan fingerprint density at radius 2 is 2.22 bits per heavy atom. The monoisotopic (exact) mass is 247 g/mol. The molecule has 1 aromatic carbocycles. The van der Waals surface area contributed by atoms with Gasteiger partial charge in [0.2, 0.25) is 0 Å². The number of oxazole rings is 1. The summed E-state index contributed by atoms with van der Waals surface area (Å²) >= 11 is 0. The summed E-state index contributed by atoms with van der Waals surface area (Å²) in [5.74, 6) is -0.0138. The van der Waals surface area contributed by atoms with Crippen LogP contribution in [0.3, 0.4) is 0 Å². The molecule has 0 radical (unpaired) electrons. The first-order valence-electron chi connectivity index (χ1n) is 5.43. The minimum absolute atomic E-state index is 0.149. The van der Waals surface area contributed by atoms with Crippen LogP contribution in [0.15, 0.2) is 29.0 Å². The number of aromatic carboxylic acids is 1. The van der Waals surface area contributed by atoms with Crippen LogP contribution in [0.25, 0.3) is 0 Å². The summed E-state index contributed by atoms with van der Waals surface area (Å²) < 4.78 is 10.5. The molecule has 2 rings (SSSR count). The first kappa shape index (κ1) is 12.2. The fourth-order valence-corrected chi connectivity index (χ4v) is 1.55. The first-order chi connectivity index (χ1) is 8.58. The van der Waals surface area contributed by atoms with Gasteiger partial charge in [-0.25, -0.2) is 9.78 Å². The Kier molecular flexibility index (Phi) is 3.32. The number of ether oxygens (including phenoxy) is 1. The third-order valence-electron chi connectivity index (χ3n) is 2.57. The predicted molar refractivity (Wildman–Crippen MR) is 63.7 cm³/mol. The molecule has 0 bridgehead atoms. The lowest BCUT2D eigenvalue weighted by atomic mass is 10.1. The number of benzene rings is 1. The van der Waals surface area contributed by atoms with E-state index in [0.717, 1.165) is 5.56 Å². The molecule has 0 saturated carbocycles. The van der Waals surface area contributed by atoms with Gasteiger partial charge in [-0.15, -0.1) is 0 Å². The van der Waals surface area contributed by atoms with Crippen LogP contribution in [0, 0.1) is 13.8 Å². The lowest BCUT2D eigenvalue weighted by molar-refractivity contribution is 0.0691. The van der Waals surface area contributed by atoms with Crippen molar-refractivity contribution in [2.45, 2.75) is 20.5 Å². The van der Waals surface area contributed by atoms with Gasteiger partial charge in [-0.05, 0) is 26.0 Å². The molecule has 0 aliphatic heterocycles. The van der Waals surface area contributed by atoms with Gasteiger partial charge in [0, 0.05) is 0 Å². The third-order valence-corrected chi connectivity index (χ3v) is 2.57.